The molecule has 0 spiro atoms. The lowest BCUT2D eigenvalue weighted by molar-refractivity contribution is 0.282. The van der Waals surface area contributed by atoms with E-state index in [-0.39, 0.29) is 6.61 Å². The third kappa shape index (κ3) is 2.56. The molecule has 0 amide bonds. The topological polar surface area (TPSA) is 23.5 Å². The van der Waals surface area contributed by atoms with Crippen LogP contribution in [-0.2, 0) is 19.6 Å². The molecule has 20 heavy (non-hydrogen) atoms. The molecule has 2 aromatic rings. The first kappa shape index (κ1) is 13.2. The highest BCUT2D eigenvalue weighted by molar-refractivity contribution is 5.55. The van der Waals surface area contributed by atoms with Gasteiger partial charge in [0.2, 0.25) is 0 Å². The van der Waals surface area contributed by atoms with Gasteiger partial charge in [-0.25, -0.2) is 0 Å². The molecule has 0 aromatic heterocycles. The van der Waals surface area contributed by atoms with Gasteiger partial charge in [-0.2, -0.15) is 0 Å². The van der Waals surface area contributed by atoms with Crippen LogP contribution in [0.4, 0.5) is 5.69 Å². The van der Waals surface area contributed by atoms with Crippen molar-refractivity contribution in [3.8, 4) is 0 Å². The van der Waals surface area contributed by atoms with Crippen LogP contribution in [0.15, 0.2) is 42.5 Å². The zero-order valence-electron chi connectivity index (χ0n) is 12.0. The van der Waals surface area contributed by atoms with Gasteiger partial charge in [0.15, 0.2) is 0 Å². The maximum Gasteiger partial charge on any atom is 0.0702 e. The van der Waals surface area contributed by atoms with E-state index in [1.54, 1.807) is 0 Å². The first-order valence-corrected chi connectivity index (χ1v) is 7.30. The third-order valence-corrected chi connectivity index (χ3v) is 4.10. The van der Waals surface area contributed by atoms with Crippen molar-refractivity contribution in [1.82, 2.24) is 0 Å². The molecular formula is C18H21NO. The van der Waals surface area contributed by atoms with Crippen LogP contribution in [0, 0.1) is 6.92 Å². The van der Waals surface area contributed by atoms with Crippen LogP contribution in [-0.4, -0.2) is 11.7 Å². The Balaban J connectivity index is 1.95. The molecule has 0 aliphatic carbocycles. The summed E-state index contributed by atoms with van der Waals surface area (Å²) in [6.45, 7) is 4.16. The van der Waals surface area contributed by atoms with Crippen LogP contribution >= 0.6 is 0 Å². The molecule has 0 fully saturated rings. The minimum absolute atomic E-state index is 0.106. The van der Waals surface area contributed by atoms with Gasteiger partial charge in [0.25, 0.3) is 0 Å². The van der Waals surface area contributed by atoms with Gasteiger partial charge in [-0.15, -0.1) is 0 Å². The van der Waals surface area contributed by atoms with E-state index >= 15 is 0 Å². The van der Waals surface area contributed by atoms with E-state index in [0.717, 1.165) is 31.5 Å². The van der Waals surface area contributed by atoms with Gasteiger partial charge in [0.1, 0.15) is 0 Å². The lowest BCUT2D eigenvalue weighted by Crippen LogP contribution is -2.23. The Labute approximate surface area is 120 Å². The summed E-state index contributed by atoms with van der Waals surface area (Å²) in [4.78, 5) is 2.40. The van der Waals surface area contributed by atoms with Crippen LogP contribution < -0.4 is 4.90 Å². The van der Waals surface area contributed by atoms with Crippen molar-refractivity contribution in [1.29, 1.82) is 0 Å². The quantitative estimate of drug-likeness (QED) is 0.901. The molecule has 0 atom stereocenters. The smallest absolute Gasteiger partial charge is 0.0702 e. The second kappa shape index (κ2) is 5.68. The summed E-state index contributed by atoms with van der Waals surface area (Å²) in [5.74, 6) is 0. The summed E-state index contributed by atoms with van der Waals surface area (Å²) >= 11 is 0. The molecule has 1 aliphatic rings. The van der Waals surface area contributed by atoms with Gasteiger partial charge in [-0.3, -0.25) is 0 Å². The number of hydrogen-bond donors (Lipinski definition) is 1. The molecular weight excluding hydrogens is 246 g/mol. The number of fused-ring (bicyclic) bond motifs is 1. The second-order valence-electron chi connectivity index (χ2n) is 5.58. The minimum Gasteiger partial charge on any atom is -0.392 e. The predicted molar refractivity (Wildman–Crippen MR) is 82.9 cm³/mol. The van der Waals surface area contributed by atoms with E-state index in [0.29, 0.717) is 0 Å². The number of nitrogens with zero attached hydrogens (tertiary/aromatic N) is 1. The Kier molecular flexibility index (Phi) is 3.75. The Morgan fingerprint density at radius 1 is 1.10 bits per heavy atom. The van der Waals surface area contributed by atoms with Gasteiger partial charge in [0.05, 0.1) is 6.61 Å². The highest BCUT2D eigenvalue weighted by Crippen LogP contribution is 2.27. The van der Waals surface area contributed by atoms with Crippen molar-refractivity contribution in [3.63, 3.8) is 0 Å². The van der Waals surface area contributed by atoms with Crippen molar-refractivity contribution in [2.24, 2.45) is 0 Å². The molecule has 0 radical (unpaired) electrons. The average molecular weight is 267 g/mol. The molecule has 0 unspecified atom stereocenters. The fraction of sp³-hybridized carbons (Fsp3) is 0.333. The molecule has 2 heteroatoms. The molecule has 1 heterocycles. The van der Waals surface area contributed by atoms with E-state index < -0.39 is 0 Å². The van der Waals surface area contributed by atoms with E-state index in [1.165, 1.54) is 22.4 Å². The first-order chi connectivity index (χ1) is 9.78. The van der Waals surface area contributed by atoms with Gasteiger partial charge in [0, 0.05) is 24.3 Å². The zero-order valence-corrected chi connectivity index (χ0v) is 12.0. The number of aliphatic hydroxyl groups is 1. The molecule has 3 rings (SSSR count). The molecule has 2 aromatic carbocycles. The van der Waals surface area contributed by atoms with Gasteiger partial charge in [-0.1, -0.05) is 42.0 Å². The van der Waals surface area contributed by atoms with Crippen LogP contribution in [0.5, 0.6) is 0 Å². The third-order valence-electron chi connectivity index (χ3n) is 4.10. The van der Waals surface area contributed by atoms with Gasteiger partial charge >= 0.3 is 0 Å². The normalized spacial score (nSPS) is 14.8. The van der Waals surface area contributed by atoms with Crippen molar-refractivity contribution in [2.45, 2.75) is 32.9 Å². The molecule has 1 aliphatic heterocycles. The number of anilines is 1. The first-order valence-electron chi connectivity index (χ1n) is 7.30. The monoisotopic (exact) mass is 267 g/mol. The SMILES string of the molecule is Cc1ccc(N2CCCc3ccccc3C2)c(CO)c1. The number of rotatable bonds is 2. The fourth-order valence-electron chi connectivity index (χ4n) is 3.06. The maximum absolute atomic E-state index is 9.61. The predicted octanol–water partition coefficient (Wildman–Crippen LogP) is 3.44. The van der Waals surface area contributed by atoms with E-state index in [4.69, 9.17) is 0 Å². The Bertz CT molecular complexity index is 606. The number of aliphatic hydroxyl groups excluding tert-OH is 1. The molecule has 0 saturated heterocycles. The Morgan fingerprint density at radius 2 is 1.90 bits per heavy atom. The molecule has 104 valence electrons. The van der Waals surface area contributed by atoms with Crippen molar-refractivity contribution in [2.75, 3.05) is 11.4 Å². The van der Waals surface area contributed by atoms with Crippen LogP contribution in [0.2, 0.25) is 0 Å². The van der Waals surface area contributed by atoms with E-state index in [2.05, 4.69) is 54.3 Å². The Hall–Kier alpha value is -1.80. The highest BCUT2D eigenvalue weighted by atomic mass is 16.3. The summed E-state index contributed by atoms with van der Waals surface area (Å²) in [7, 11) is 0. The average Bonchev–Trinajstić information content (AvgIpc) is 2.69. The lowest BCUT2D eigenvalue weighted by atomic mass is 10.0. The molecule has 0 saturated carbocycles. The maximum atomic E-state index is 9.61. The van der Waals surface area contributed by atoms with Crippen molar-refractivity contribution >= 4 is 5.69 Å². The molecule has 0 bridgehead atoms. The van der Waals surface area contributed by atoms with Gasteiger partial charge < -0.3 is 10.0 Å². The lowest BCUT2D eigenvalue weighted by Gasteiger charge is -2.26. The van der Waals surface area contributed by atoms with Gasteiger partial charge in [-0.05, 0) is 37.0 Å². The number of aryl methyl sites for hydroxylation is 2. The zero-order chi connectivity index (χ0) is 13.9. The van der Waals surface area contributed by atoms with E-state index in [1.807, 2.05) is 0 Å². The highest BCUT2D eigenvalue weighted by Gasteiger charge is 2.16. The largest absolute Gasteiger partial charge is 0.392 e. The van der Waals surface area contributed by atoms with Crippen LogP contribution in [0.25, 0.3) is 0 Å². The summed E-state index contributed by atoms with van der Waals surface area (Å²) in [6.07, 6.45) is 2.31. The van der Waals surface area contributed by atoms with Crippen molar-refractivity contribution in [3.05, 3.63) is 64.7 Å². The Morgan fingerprint density at radius 3 is 2.70 bits per heavy atom. The summed E-state index contributed by atoms with van der Waals surface area (Å²) in [5.41, 5.74) is 6.29. The van der Waals surface area contributed by atoms with Crippen molar-refractivity contribution < 1.29 is 5.11 Å². The fourth-order valence-corrected chi connectivity index (χ4v) is 3.06. The summed E-state index contributed by atoms with van der Waals surface area (Å²) < 4.78 is 0. The molecule has 2 nitrogen and oxygen atoms in total. The minimum atomic E-state index is 0.106. The second-order valence-corrected chi connectivity index (χ2v) is 5.58. The summed E-state index contributed by atoms with van der Waals surface area (Å²) in [6, 6.07) is 15.1. The number of benzene rings is 2. The van der Waals surface area contributed by atoms with Crippen LogP contribution in [0.1, 0.15) is 28.7 Å². The van der Waals surface area contributed by atoms with Crippen LogP contribution in [0.3, 0.4) is 0 Å². The molecule has 1 N–H and O–H groups in total. The number of hydrogen-bond acceptors (Lipinski definition) is 2. The summed E-state index contributed by atoms with van der Waals surface area (Å²) in [5, 5.41) is 9.61. The standard InChI is InChI=1S/C18H21NO/c1-14-8-9-18(17(11-14)13-20)19-10-4-7-15-5-2-3-6-16(15)12-19/h2-3,5-6,8-9,11,20H,4,7,10,12-13H2,1H3. The van der Waals surface area contributed by atoms with E-state index in [9.17, 15) is 5.11 Å².